The van der Waals surface area contributed by atoms with E-state index in [2.05, 4.69) is 10.2 Å². The molecule has 2 heterocycles. The normalized spacial score (nSPS) is 22.2. The minimum Gasteiger partial charge on any atom is -0.497 e. The highest BCUT2D eigenvalue weighted by Gasteiger charge is 2.28. The molecule has 3 rings (SSSR count). The highest BCUT2D eigenvalue weighted by atomic mass is 19.1. The van der Waals surface area contributed by atoms with Gasteiger partial charge in [0.05, 0.1) is 12.7 Å². The van der Waals surface area contributed by atoms with Crippen molar-refractivity contribution in [2.24, 2.45) is 0 Å². The van der Waals surface area contributed by atoms with E-state index in [9.17, 15) is 14.0 Å². The van der Waals surface area contributed by atoms with E-state index in [0.717, 1.165) is 25.9 Å². The molecule has 0 aliphatic carbocycles. The number of carbonyl (C=O) groups excluding carboxylic acids is 2. The van der Waals surface area contributed by atoms with Crippen LogP contribution < -0.4 is 10.1 Å². The lowest BCUT2D eigenvalue weighted by atomic mass is 10.1. The molecule has 1 unspecified atom stereocenters. The molecule has 0 spiro atoms. The third-order valence-corrected chi connectivity index (χ3v) is 5.03. The number of rotatable bonds is 3. The van der Waals surface area contributed by atoms with Gasteiger partial charge in [-0.05, 0) is 25.0 Å². The maximum Gasteiger partial charge on any atom is 0.256 e. The fraction of sp³-hybridized carbons (Fsp3) is 0.556. The molecule has 2 amide bonds. The molecule has 0 bridgehead atoms. The third-order valence-electron chi connectivity index (χ3n) is 5.03. The molecule has 25 heavy (non-hydrogen) atoms. The van der Waals surface area contributed by atoms with Crippen molar-refractivity contribution in [3.63, 3.8) is 0 Å². The third kappa shape index (κ3) is 4.10. The average molecular weight is 349 g/mol. The summed E-state index contributed by atoms with van der Waals surface area (Å²) in [5, 5.41) is 2.90. The van der Waals surface area contributed by atoms with Crippen LogP contribution in [0.3, 0.4) is 0 Å². The molecule has 2 aliphatic rings. The van der Waals surface area contributed by atoms with Gasteiger partial charge in [0.15, 0.2) is 0 Å². The van der Waals surface area contributed by atoms with E-state index in [4.69, 9.17) is 4.74 Å². The molecule has 2 fully saturated rings. The van der Waals surface area contributed by atoms with Crippen LogP contribution in [-0.2, 0) is 4.79 Å². The highest BCUT2D eigenvalue weighted by Crippen LogP contribution is 2.20. The van der Waals surface area contributed by atoms with Gasteiger partial charge < -0.3 is 15.0 Å². The van der Waals surface area contributed by atoms with Crippen molar-refractivity contribution in [3.05, 3.63) is 29.6 Å². The maximum absolute atomic E-state index is 14.1. The van der Waals surface area contributed by atoms with Gasteiger partial charge >= 0.3 is 0 Å². The van der Waals surface area contributed by atoms with E-state index < -0.39 is 5.82 Å². The number of nitrogens with one attached hydrogen (secondary N) is 1. The molecule has 0 radical (unpaired) electrons. The highest BCUT2D eigenvalue weighted by molar-refractivity contribution is 5.94. The Bertz CT molecular complexity index is 644. The number of benzene rings is 1. The fourth-order valence-electron chi connectivity index (χ4n) is 3.53. The zero-order valence-corrected chi connectivity index (χ0v) is 14.5. The molecule has 6 nitrogen and oxygen atoms in total. The summed E-state index contributed by atoms with van der Waals surface area (Å²) in [6.45, 7) is 3.36. The van der Waals surface area contributed by atoms with Gasteiger partial charge in [-0.2, -0.15) is 0 Å². The minimum absolute atomic E-state index is 0.0820. The van der Waals surface area contributed by atoms with Crippen LogP contribution in [0.25, 0.3) is 0 Å². The number of hydrogen-bond acceptors (Lipinski definition) is 4. The molecule has 7 heteroatoms. The lowest BCUT2D eigenvalue weighted by molar-refractivity contribution is -0.120. The maximum atomic E-state index is 14.1. The van der Waals surface area contributed by atoms with Crippen LogP contribution in [0.5, 0.6) is 5.75 Å². The molecule has 1 aromatic rings. The molecule has 1 N–H and O–H groups in total. The van der Waals surface area contributed by atoms with Crippen molar-refractivity contribution in [1.82, 2.24) is 15.1 Å². The van der Waals surface area contributed by atoms with E-state index in [1.165, 1.54) is 19.2 Å². The van der Waals surface area contributed by atoms with E-state index in [0.29, 0.717) is 37.8 Å². The second-order valence-electron chi connectivity index (χ2n) is 6.51. The van der Waals surface area contributed by atoms with Gasteiger partial charge in [-0.3, -0.25) is 14.5 Å². The Morgan fingerprint density at radius 2 is 2.00 bits per heavy atom. The van der Waals surface area contributed by atoms with Crippen LogP contribution in [0.2, 0.25) is 0 Å². The predicted molar refractivity (Wildman–Crippen MR) is 91.1 cm³/mol. The van der Waals surface area contributed by atoms with Crippen molar-refractivity contribution < 1.29 is 18.7 Å². The van der Waals surface area contributed by atoms with Crippen molar-refractivity contribution in [1.29, 1.82) is 0 Å². The molecule has 1 aromatic carbocycles. The Morgan fingerprint density at radius 1 is 1.24 bits per heavy atom. The van der Waals surface area contributed by atoms with Gasteiger partial charge in [0.2, 0.25) is 5.91 Å². The summed E-state index contributed by atoms with van der Waals surface area (Å²) in [5.74, 6) is -0.320. The number of halogens is 1. The summed E-state index contributed by atoms with van der Waals surface area (Å²) in [4.78, 5) is 28.1. The molecule has 1 atom stereocenters. The van der Waals surface area contributed by atoms with E-state index in [1.54, 1.807) is 11.0 Å². The smallest absolute Gasteiger partial charge is 0.256 e. The Balaban J connectivity index is 1.58. The van der Waals surface area contributed by atoms with E-state index in [1.807, 2.05) is 0 Å². The topological polar surface area (TPSA) is 61.9 Å². The number of hydrogen-bond donors (Lipinski definition) is 1. The van der Waals surface area contributed by atoms with Crippen LogP contribution >= 0.6 is 0 Å². The summed E-state index contributed by atoms with van der Waals surface area (Å²) in [6.07, 6.45) is 2.35. The first kappa shape index (κ1) is 17.7. The number of piperazine rings is 1. The number of methoxy groups -OCH3 is 1. The minimum atomic E-state index is -0.555. The first-order valence-corrected chi connectivity index (χ1v) is 8.72. The fourth-order valence-corrected chi connectivity index (χ4v) is 3.53. The van der Waals surface area contributed by atoms with Crippen LogP contribution in [0.4, 0.5) is 4.39 Å². The zero-order valence-electron chi connectivity index (χ0n) is 14.5. The van der Waals surface area contributed by atoms with Crippen molar-refractivity contribution in [3.8, 4) is 5.75 Å². The Labute approximate surface area is 146 Å². The molecular weight excluding hydrogens is 325 g/mol. The average Bonchev–Trinajstić information content (AvgIpc) is 2.86. The van der Waals surface area contributed by atoms with Crippen LogP contribution in [0.1, 0.15) is 29.6 Å². The summed E-state index contributed by atoms with van der Waals surface area (Å²) in [5.41, 5.74) is 0.0820. The van der Waals surface area contributed by atoms with Gasteiger partial charge in [0.1, 0.15) is 11.6 Å². The summed E-state index contributed by atoms with van der Waals surface area (Å²) in [7, 11) is 1.46. The van der Waals surface area contributed by atoms with Crippen molar-refractivity contribution in [2.45, 2.75) is 25.3 Å². The summed E-state index contributed by atoms with van der Waals surface area (Å²) < 4.78 is 19.1. The van der Waals surface area contributed by atoms with Gasteiger partial charge in [-0.15, -0.1) is 0 Å². The second kappa shape index (κ2) is 7.82. The monoisotopic (exact) mass is 349 g/mol. The largest absolute Gasteiger partial charge is 0.497 e. The molecule has 2 saturated heterocycles. The molecular formula is C18H24FN3O3. The van der Waals surface area contributed by atoms with Gasteiger partial charge in [0, 0.05) is 51.3 Å². The Hall–Kier alpha value is -2.15. The molecule has 0 saturated carbocycles. The van der Waals surface area contributed by atoms with Crippen molar-refractivity contribution >= 4 is 11.8 Å². The first-order valence-electron chi connectivity index (χ1n) is 8.72. The van der Waals surface area contributed by atoms with Gasteiger partial charge in [0.25, 0.3) is 5.91 Å². The summed E-state index contributed by atoms with van der Waals surface area (Å²) >= 11 is 0. The lowest BCUT2D eigenvalue weighted by Gasteiger charge is -2.39. The second-order valence-corrected chi connectivity index (χ2v) is 6.51. The first-order chi connectivity index (χ1) is 12.1. The number of nitrogens with zero attached hydrogens (tertiary/aromatic N) is 2. The Kier molecular flexibility index (Phi) is 5.53. The molecule has 0 aromatic heterocycles. The van der Waals surface area contributed by atoms with Crippen molar-refractivity contribution in [2.75, 3.05) is 39.8 Å². The summed E-state index contributed by atoms with van der Waals surface area (Å²) in [6, 6.07) is 4.68. The predicted octanol–water partition coefficient (Wildman–Crippen LogP) is 1.26. The van der Waals surface area contributed by atoms with Crippen LogP contribution in [0, 0.1) is 5.82 Å². The number of ether oxygens (including phenoxy) is 1. The SMILES string of the molecule is COc1ccc(C(=O)N2CCN(C3CCNC(=O)CC3)CC2)c(F)c1. The number of amides is 2. The van der Waals surface area contributed by atoms with Crippen LogP contribution in [-0.4, -0.2) is 67.5 Å². The standard InChI is InChI=1S/C18H24FN3O3/c1-25-14-3-4-15(16(19)12-14)18(24)22-10-8-21(9-11-22)13-2-5-17(23)20-7-6-13/h3-4,12-13H,2,5-11H2,1H3,(H,20,23). The Morgan fingerprint density at radius 3 is 2.68 bits per heavy atom. The van der Waals surface area contributed by atoms with Gasteiger partial charge in [-0.25, -0.2) is 4.39 Å². The van der Waals surface area contributed by atoms with E-state index in [-0.39, 0.29) is 17.4 Å². The zero-order chi connectivity index (χ0) is 17.8. The molecule has 136 valence electrons. The van der Waals surface area contributed by atoms with Crippen LogP contribution in [0.15, 0.2) is 18.2 Å². The quantitative estimate of drug-likeness (QED) is 0.893. The number of carbonyl (C=O) groups is 2. The van der Waals surface area contributed by atoms with E-state index >= 15 is 0 Å². The van der Waals surface area contributed by atoms with Gasteiger partial charge in [-0.1, -0.05) is 0 Å². The molecule has 2 aliphatic heterocycles. The lowest BCUT2D eigenvalue weighted by Crippen LogP contribution is -2.52.